The number of benzene rings is 1. The Kier molecular flexibility index (Phi) is 4.59. The van der Waals surface area contributed by atoms with Crippen molar-refractivity contribution in [3.63, 3.8) is 0 Å². The Labute approximate surface area is 139 Å². The number of carbonyl (C=O) groups is 1. The molecule has 24 heavy (non-hydrogen) atoms. The topological polar surface area (TPSA) is 68.5 Å². The van der Waals surface area contributed by atoms with Crippen molar-refractivity contribution in [3.05, 3.63) is 53.9 Å². The number of halogens is 1. The van der Waals surface area contributed by atoms with Gasteiger partial charge in [0.05, 0.1) is 11.6 Å². The van der Waals surface area contributed by atoms with Crippen molar-refractivity contribution in [2.75, 3.05) is 6.54 Å². The Morgan fingerprint density at radius 3 is 2.79 bits per heavy atom. The van der Waals surface area contributed by atoms with Crippen LogP contribution in [0.4, 0.5) is 4.39 Å². The van der Waals surface area contributed by atoms with Gasteiger partial charge in [0.2, 0.25) is 6.10 Å². The number of aryl methyl sites for hydroxylation is 1. The van der Waals surface area contributed by atoms with E-state index in [4.69, 9.17) is 4.84 Å². The summed E-state index contributed by atoms with van der Waals surface area (Å²) < 4.78 is 15.0. The summed E-state index contributed by atoms with van der Waals surface area (Å²) in [7, 11) is 0. The molecule has 7 heteroatoms. The molecule has 2 heterocycles. The van der Waals surface area contributed by atoms with Crippen molar-refractivity contribution < 1.29 is 14.0 Å². The Morgan fingerprint density at radius 1 is 1.38 bits per heavy atom. The van der Waals surface area contributed by atoms with E-state index in [0.29, 0.717) is 18.8 Å². The quantitative estimate of drug-likeness (QED) is 0.910. The minimum absolute atomic E-state index is 0.203. The van der Waals surface area contributed by atoms with Crippen LogP contribution in [0, 0.1) is 18.7 Å². The van der Waals surface area contributed by atoms with Crippen molar-refractivity contribution in [2.45, 2.75) is 26.5 Å². The fourth-order valence-corrected chi connectivity index (χ4v) is 2.68. The zero-order valence-electron chi connectivity index (χ0n) is 13.6. The highest BCUT2D eigenvalue weighted by atomic mass is 19.1. The van der Waals surface area contributed by atoms with Crippen LogP contribution >= 0.6 is 0 Å². The number of carbonyl (C=O) groups excluding carboxylic acids is 1. The minimum Gasteiger partial charge on any atom is -0.381 e. The second kappa shape index (κ2) is 6.82. The van der Waals surface area contributed by atoms with E-state index in [-0.39, 0.29) is 17.6 Å². The van der Waals surface area contributed by atoms with Crippen LogP contribution in [-0.2, 0) is 16.2 Å². The summed E-state index contributed by atoms with van der Waals surface area (Å²) in [5, 5.41) is 6.87. The number of amides is 1. The number of nitrogens with one attached hydrogen (secondary N) is 1. The van der Waals surface area contributed by atoms with Crippen molar-refractivity contribution >= 4 is 11.6 Å². The van der Waals surface area contributed by atoms with Gasteiger partial charge in [-0.3, -0.25) is 4.79 Å². The molecule has 0 unspecified atom stereocenters. The number of imidazole rings is 1. The molecular weight excluding hydrogens is 311 g/mol. The molecule has 0 spiro atoms. The van der Waals surface area contributed by atoms with Gasteiger partial charge in [0, 0.05) is 25.5 Å². The maximum absolute atomic E-state index is 13.0. The molecule has 2 atom stereocenters. The van der Waals surface area contributed by atoms with Gasteiger partial charge in [0.25, 0.3) is 5.91 Å². The first-order valence-electron chi connectivity index (χ1n) is 7.81. The number of rotatable bonds is 5. The van der Waals surface area contributed by atoms with Crippen LogP contribution in [0.5, 0.6) is 0 Å². The molecule has 2 aromatic rings. The predicted octanol–water partition coefficient (Wildman–Crippen LogP) is 1.89. The second-order valence-corrected chi connectivity index (χ2v) is 5.76. The van der Waals surface area contributed by atoms with E-state index in [2.05, 4.69) is 15.5 Å². The molecule has 0 bridgehead atoms. The third-order valence-corrected chi connectivity index (χ3v) is 4.12. The molecule has 0 fully saturated rings. The van der Waals surface area contributed by atoms with Crippen LogP contribution in [0.15, 0.2) is 41.8 Å². The van der Waals surface area contributed by atoms with Crippen LogP contribution < -0.4 is 5.32 Å². The average molecular weight is 330 g/mol. The van der Waals surface area contributed by atoms with E-state index in [1.54, 1.807) is 18.3 Å². The molecule has 0 saturated carbocycles. The SMILES string of the molecule is Cc1nccn1CCNC(=O)[C@H]1ON=C(c2ccc(F)cc2)[C@@H]1C. The highest BCUT2D eigenvalue weighted by Gasteiger charge is 2.36. The summed E-state index contributed by atoms with van der Waals surface area (Å²) in [6, 6.07) is 6.00. The van der Waals surface area contributed by atoms with Gasteiger partial charge >= 0.3 is 0 Å². The van der Waals surface area contributed by atoms with E-state index >= 15 is 0 Å². The van der Waals surface area contributed by atoms with Crippen LogP contribution in [-0.4, -0.2) is 33.8 Å². The fraction of sp³-hybridized carbons (Fsp3) is 0.353. The molecular formula is C17H19FN4O2. The lowest BCUT2D eigenvalue weighted by Gasteiger charge is -2.15. The van der Waals surface area contributed by atoms with Gasteiger partial charge in [-0.25, -0.2) is 9.37 Å². The minimum atomic E-state index is -0.672. The van der Waals surface area contributed by atoms with Crippen LogP contribution in [0.1, 0.15) is 18.3 Å². The van der Waals surface area contributed by atoms with E-state index in [0.717, 1.165) is 11.4 Å². The molecule has 1 amide bonds. The van der Waals surface area contributed by atoms with E-state index in [1.165, 1.54) is 12.1 Å². The maximum atomic E-state index is 13.0. The van der Waals surface area contributed by atoms with Gasteiger partial charge in [-0.15, -0.1) is 0 Å². The van der Waals surface area contributed by atoms with Gasteiger partial charge in [-0.2, -0.15) is 0 Å². The monoisotopic (exact) mass is 330 g/mol. The standard InChI is InChI=1S/C17H19FN4O2/c1-11-15(13-3-5-14(18)6-4-13)21-24-16(11)17(23)20-8-10-22-9-7-19-12(22)2/h3-7,9,11,16H,8,10H2,1-2H3,(H,20,23)/t11-,16-/m0/s1. The summed E-state index contributed by atoms with van der Waals surface area (Å²) in [6.45, 7) is 4.91. The van der Waals surface area contributed by atoms with Gasteiger partial charge in [-0.1, -0.05) is 24.2 Å². The van der Waals surface area contributed by atoms with Crippen molar-refractivity contribution in [2.24, 2.45) is 11.1 Å². The summed E-state index contributed by atoms with van der Waals surface area (Å²) in [6.07, 6.45) is 2.92. The van der Waals surface area contributed by atoms with Crippen LogP contribution in [0.2, 0.25) is 0 Å². The average Bonchev–Trinajstić information content (AvgIpc) is 3.14. The highest BCUT2D eigenvalue weighted by molar-refractivity contribution is 6.05. The Morgan fingerprint density at radius 2 is 2.12 bits per heavy atom. The second-order valence-electron chi connectivity index (χ2n) is 5.76. The Bertz CT molecular complexity index is 754. The number of nitrogens with zero attached hydrogens (tertiary/aromatic N) is 3. The van der Waals surface area contributed by atoms with Gasteiger partial charge < -0.3 is 14.7 Å². The highest BCUT2D eigenvalue weighted by Crippen LogP contribution is 2.23. The lowest BCUT2D eigenvalue weighted by molar-refractivity contribution is -0.132. The number of hydrogen-bond acceptors (Lipinski definition) is 4. The van der Waals surface area contributed by atoms with E-state index in [9.17, 15) is 9.18 Å². The molecule has 6 nitrogen and oxygen atoms in total. The Hall–Kier alpha value is -2.70. The van der Waals surface area contributed by atoms with Gasteiger partial charge in [0.1, 0.15) is 11.6 Å². The molecule has 1 aromatic carbocycles. The zero-order chi connectivity index (χ0) is 17.1. The molecule has 1 aliphatic heterocycles. The smallest absolute Gasteiger partial charge is 0.264 e. The van der Waals surface area contributed by atoms with Crippen LogP contribution in [0.3, 0.4) is 0 Å². The summed E-state index contributed by atoms with van der Waals surface area (Å²) in [4.78, 5) is 21.7. The molecule has 126 valence electrons. The molecule has 0 radical (unpaired) electrons. The molecule has 0 aliphatic carbocycles. The lowest BCUT2D eigenvalue weighted by atomic mass is 9.94. The summed E-state index contributed by atoms with van der Waals surface area (Å²) >= 11 is 0. The molecule has 1 N–H and O–H groups in total. The molecule has 3 rings (SSSR count). The zero-order valence-corrected chi connectivity index (χ0v) is 13.6. The number of aromatic nitrogens is 2. The van der Waals surface area contributed by atoms with Crippen LogP contribution in [0.25, 0.3) is 0 Å². The summed E-state index contributed by atoms with van der Waals surface area (Å²) in [5.74, 6) is 0.179. The first-order valence-corrected chi connectivity index (χ1v) is 7.81. The van der Waals surface area contributed by atoms with E-state index in [1.807, 2.05) is 24.6 Å². The maximum Gasteiger partial charge on any atom is 0.264 e. The van der Waals surface area contributed by atoms with E-state index < -0.39 is 6.10 Å². The number of oxime groups is 1. The van der Waals surface area contributed by atoms with Crippen molar-refractivity contribution in [3.8, 4) is 0 Å². The fourth-order valence-electron chi connectivity index (χ4n) is 2.68. The largest absolute Gasteiger partial charge is 0.381 e. The molecule has 1 aromatic heterocycles. The molecule has 1 aliphatic rings. The molecule has 0 saturated heterocycles. The normalized spacial score (nSPS) is 19.7. The van der Waals surface area contributed by atoms with Gasteiger partial charge in [-0.05, 0) is 24.6 Å². The van der Waals surface area contributed by atoms with Crippen molar-refractivity contribution in [1.82, 2.24) is 14.9 Å². The first kappa shape index (κ1) is 16.2. The predicted molar refractivity (Wildman–Crippen MR) is 86.9 cm³/mol. The third kappa shape index (κ3) is 3.29. The van der Waals surface area contributed by atoms with Gasteiger partial charge in [0.15, 0.2) is 0 Å². The lowest BCUT2D eigenvalue weighted by Crippen LogP contribution is -2.40. The first-order chi connectivity index (χ1) is 11.6. The Balaban J connectivity index is 1.55. The third-order valence-electron chi connectivity index (χ3n) is 4.12. The van der Waals surface area contributed by atoms with Crippen molar-refractivity contribution in [1.29, 1.82) is 0 Å². The number of hydrogen-bond donors (Lipinski definition) is 1. The summed E-state index contributed by atoms with van der Waals surface area (Å²) in [5.41, 5.74) is 1.41.